The van der Waals surface area contributed by atoms with E-state index in [1.807, 2.05) is 32.0 Å². The molecule has 0 spiro atoms. The first kappa shape index (κ1) is 19.8. The van der Waals surface area contributed by atoms with Gasteiger partial charge in [0.1, 0.15) is 6.04 Å². The lowest BCUT2D eigenvalue weighted by Crippen LogP contribution is -2.45. The van der Waals surface area contributed by atoms with E-state index in [0.717, 1.165) is 39.9 Å². The van der Waals surface area contributed by atoms with Crippen molar-refractivity contribution in [3.05, 3.63) is 59.2 Å². The van der Waals surface area contributed by atoms with Crippen LogP contribution in [0.1, 0.15) is 18.1 Å². The van der Waals surface area contributed by atoms with Crippen LogP contribution in [-0.2, 0) is 14.8 Å². The SMILES string of the molecule is Cc1cccc(C)c1NC(=O)C(C)N(c1ccc(F)c(F)c1)S(C)(=O)=O. The van der Waals surface area contributed by atoms with E-state index in [2.05, 4.69) is 5.32 Å². The summed E-state index contributed by atoms with van der Waals surface area (Å²) in [5, 5.41) is 2.71. The molecule has 0 saturated heterocycles. The van der Waals surface area contributed by atoms with Gasteiger partial charge in [0.15, 0.2) is 11.6 Å². The molecule has 26 heavy (non-hydrogen) atoms. The van der Waals surface area contributed by atoms with Crippen LogP contribution in [0.4, 0.5) is 20.2 Å². The zero-order valence-electron chi connectivity index (χ0n) is 14.9. The molecule has 1 amide bonds. The highest BCUT2D eigenvalue weighted by Crippen LogP contribution is 2.25. The Hall–Kier alpha value is -2.48. The van der Waals surface area contributed by atoms with Crippen LogP contribution in [0, 0.1) is 25.5 Å². The third-order valence-electron chi connectivity index (χ3n) is 3.98. The number of aryl methyl sites for hydroxylation is 2. The van der Waals surface area contributed by atoms with Crippen LogP contribution in [0.2, 0.25) is 0 Å². The minimum Gasteiger partial charge on any atom is -0.324 e. The van der Waals surface area contributed by atoms with Crippen molar-refractivity contribution < 1.29 is 22.0 Å². The predicted molar refractivity (Wildman–Crippen MR) is 97.7 cm³/mol. The summed E-state index contributed by atoms with van der Waals surface area (Å²) in [7, 11) is -3.92. The number of nitrogens with zero attached hydrogens (tertiary/aromatic N) is 1. The number of para-hydroxylation sites is 1. The topological polar surface area (TPSA) is 66.5 Å². The van der Waals surface area contributed by atoms with Crippen molar-refractivity contribution in [2.45, 2.75) is 26.8 Å². The fraction of sp³-hybridized carbons (Fsp3) is 0.278. The molecule has 1 N–H and O–H groups in total. The summed E-state index contributed by atoms with van der Waals surface area (Å²) in [6.07, 6.45) is 0.900. The van der Waals surface area contributed by atoms with Crippen molar-refractivity contribution in [1.29, 1.82) is 0 Å². The lowest BCUT2D eigenvalue weighted by Gasteiger charge is -2.28. The minimum absolute atomic E-state index is 0.129. The maximum atomic E-state index is 13.5. The molecular formula is C18H20F2N2O3S. The summed E-state index contributed by atoms with van der Waals surface area (Å²) < 4.78 is 51.9. The Labute approximate surface area is 151 Å². The van der Waals surface area contributed by atoms with Crippen LogP contribution in [0.15, 0.2) is 36.4 Å². The van der Waals surface area contributed by atoms with Crippen LogP contribution in [0.5, 0.6) is 0 Å². The quantitative estimate of drug-likeness (QED) is 0.862. The molecule has 0 radical (unpaired) electrons. The van der Waals surface area contributed by atoms with E-state index in [0.29, 0.717) is 5.69 Å². The highest BCUT2D eigenvalue weighted by molar-refractivity contribution is 7.92. The molecule has 1 unspecified atom stereocenters. The number of hydrogen-bond donors (Lipinski definition) is 1. The lowest BCUT2D eigenvalue weighted by atomic mass is 10.1. The largest absolute Gasteiger partial charge is 0.324 e. The summed E-state index contributed by atoms with van der Waals surface area (Å²) in [6.45, 7) is 5.01. The van der Waals surface area contributed by atoms with Crippen LogP contribution in [-0.4, -0.2) is 26.6 Å². The van der Waals surface area contributed by atoms with E-state index in [9.17, 15) is 22.0 Å². The van der Waals surface area contributed by atoms with Crippen molar-refractivity contribution in [3.63, 3.8) is 0 Å². The van der Waals surface area contributed by atoms with E-state index >= 15 is 0 Å². The zero-order chi connectivity index (χ0) is 19.6. The molecule has 2 rings (SSSR count). The fourth-order valence-corrected chi connectivity index (χ4v) is 3.84. The second kappa shape index (κ2) is 7.41. The van der Waals surface area contributed by atoms with Crippen molar-refractivity contribution in [2.75, 3.05) is 15.9 Å². The molecule has 0 aliphatic rings. The van der Waals surface area contributed by atoms with E-state index in [-0.39, 0.29) is 5.69 Å². The van der Waals surface area contributed by atoms with Gasteiger partial charge in [-0.1, -0.05) is 18.2 Å². The Bertz CT molecular complexity index is 925. The number of sulfonamides is 1. The van der Waals surface area contributed by atoms with Crippen LogP contribution >= 0.6 is 0 Å². The number of carbonyl (C=O) groups excluding carboxylic acids is 1. The maximum absolute atomic E-state index is 13.5. The fourth-order valence-electron chi connectivity index (χ4n) is 2.67. The van der Waals surface area contributed by atoms with Crippen molar-refractivity contribution in [3.8, 4) is 0 Å². The number of benzene rings is 2. The molecule has 0 saturated carbocycles. The van der Waals surface area contributed by atoms with Gasteiger partial charge < -0.3 is 5.32 Å². The highest BCUT2D eigenvalue weighted by Gasteiger charge is 2.30. The van der Waals surface area contributed by atoms with Gasteiger partial charge in [-0.05, 0) is 44.0 Å². The third-order valence-corrected chi connectivity index (χ3v) is 5.22. The van der Waals surface area contributed by atoms with Gasteiger partial charge in [-0.2, -0.15) is 0 Å². The number of amides is 1. The Morgan fingerprint density at radius 1 is 1.08 bits per heavy atom. The van der Waals surface area contributed by atoms with Crippen LogP contribution < -0.4 is 9.62 Å². The van der Waals surface area contributed by atoms with Gasteiger partial charge in [-0.25, -0.2) is 17.2 Å². The average molecular weight is 382 g/mol. The number of anilines is 2. The normalized spacial score (nSPS) is 12.5. The van der Waals surface area contributed by atoms with Crippen LogP contribution in [0.3, 0.4) is 0 Å². The average Bonchev–Trinajstić information content (AvgIpc) is 2.53. The highest BCUT2D eigenvalue weighted by atomic mass is 32.2. The number of halogens is 2. The molecule has 0 aromatic heterocycles. The molecule has 140 valence electrons. The Balaban J connectivity index is 2.39. The molecule has 0 fully saturated rings. The van der Waals surface area contributed by atoms with Gasteiger partial charge in [0.2, 0.25) is 15.9 Å². The Morgan fingerprint density at radius 3 is 2.15 bits per heavy atom. The molecule has 0 aliphatic heterocycles. The first-order valence-electron chi connectivity index (χ1n) is 7.84. The summed E-state index contributed by atoms with van der Waals surface area (Å²) in [5.41, 5.74) is 2.10. The number of hydrogen-bond acceptors (Lipinski definition) is 3. The molecule has 5 nitrogen and oxygen atoms in total. The Morgan fingerprint density at radius 2 is 1.65 bits per heavy atom. The zero-order valence-corrected chi connectivity index (χ0v) is 15.7. The second-order valence-electron chi connectivity index (χ2n) is 6.09. The van der Waals surface area contributed by atoms with Gasteiger partial charge in [0.25, 0.3) is 0 Å². The predicted octanol–water partition coefficient (Wildman–Crippen LogP) is 3.37. The first-order chi connectivity index (χ1) is 12.0. The minimum atomic E-state index is -3.92. The number of rotatable bonds is 5. The van der Waals surface area contributed by atoms with Crippen molar-refractivity contribution in [1.82, 2.24) is 0 Å². The molecule has 0 bridgehead atoms. The Kier molecular flexibility index (Phi) is 5.65. The molecule has 2 aromatic carbocycles. The van der Waals surface area contributed by atoms with Gasteiger partial charge in [0, 0.05) is 11.8 Å². The first-order valence-corrected chi connectivity index (χ1v) is 9.68. The third kappa shape index (κ3) is 4.19. The van der Waals surface area contributed by atoms with E-state index in [1.54, 1.807) is 0 Å². The van der Waals surface area contributed by atoms with Gasteiger partial charge in [-0.15, -0.1) is 0 Å². The molecule has 1 atom stereocenters. The van der Waals surface area contributed by atoms with E-state index in [1.165, 1.54) is 6.92 Å². The second-order valence-corrected chi connectivity index (χ2v) is 7.95. The van der Waals surface area contributed by atoms with Gasteiger partial charge in [0.05, 0.1) is 11.9 Å². The maximum Gasteiger partial charge on any atom is 0.248 e. The number of carbonyl (C=O) groups is 1. The molecule has 0 aliphatic carbocycles. The summed E-state index contributed by atoms with van der Waals surface area (Å²) in [6, 6.07) is 6.98. The van der Waals surface area contributed by atoms with E-state index < -0.39 is 33.6 Å². The lowest BCUT2D eigenvalue weighted by molar-refractivity contribution is -0.116. The van der Waals surface area contributed by atoms with Crippen molar-refractivity contribution >= 4 is 27.3 Å². The summed E-state index contributed by atoms with van der Waals surface area (Å²) in [4.78, 5) is 12.6. The molecule has 8 heteroatoms. The van der Waals surface area contributed by atoms with Gasteiger partial charge >= 0.3 is 0 Å². The van der Waals surface area contributed by atoms with Crippen molar-refractivity contribution in [2.24, 2.45) is 0 Å². The molecule has 0 heterocycles. The molecule has 2 aromatic rings. The monoisotopic (exact) mass is 382 g/mol. The summed E-state index contributed by atoms with van der Waals surface area (Å²) >= 11 is 0. The standard InChI is InChI=1S/C18H20F2N2O3S/c1-11-6-5-7-12(2)17(11)21-18(23)13(3)22(26(4,24)25)14-8-9-15(19)16(20)10-14/h5-10,13H,1-4H3,(H,21,23). The van der Waals surface area contributed by atoms with Gasteiger partial charge in [-0.3, -0.25) is 9.10 Å². The molecular weight excluding hydrogens is 362 g/mol. The number of nitrogens with one attached hydrogen (secondary N) is 1. The van der Waals surface area contributed by atoms with Crippen LogP contribution in [0.25, 0.3) is 0 Å². The smallest absolute Gasteiger partial charge is 0.248 e. The summed E-state index contributed by atoms with van der Waals surface area (Å²) in [5.74, 6) is -2.88. The van der Waals surface area contributed by atoms with E-state index in [4.69, 9.17) is 0 Å².